The smallest absolute Gasteiger partial charge is 0.276 e. The van der Waals surface area contributed by atoms with Crippen molar-refractivity contribution in [1.82, 2.24) is 10.3 Å². The molecular formula is C8H9N3O2. The van der Waals surface area contributed by atoms with Crippen molar-refractivity contribution in [3.63, 3.8) is 0 Å². The van der Waals surface area contributed by atoms with Crippen molar-refractivity contribution in [2.75, 3.05) is 6.54 Å². The van der Waals surface area contributed by atoms with E-state index in [1.807, 2.05) is 0 Å². The van der Waals surface area contributed by atoms with Crippen molar-refractivity contribution in [1.29, 1.82) is 0 Å². The number of nitrogens with two attached hydrogens (primary N) is 1. The van der Waals surface area contributed by atoms with Crippen LogP contribution in [0, 0.1) is 0 Å². The van der Waals surface area contributed by atoms with Gasteiger partial charge >= 0.3 is 0 Å². The zero-order chi connectivity index (χ0) is 9.68. The number of carbonyl (C=O) groups is 2. The monoisotopic (exact) mass is 179 g/mol. The van der Waals surface area contributed by atoms with Crippen molar-refractivity contribution >= 4 is 11.8 Å². The Balaban J connectivity index is 2.65. The molecule has 0 saturated heterocycles. The summed E-state index contributed by atoms with van der Waals surface area (Å²) in [6.45, 7) is -0.210. The van der Waals surface area contributed by atoms with Crippen LogP contribution in [0.1, 0.15) is 10.5 Å². The summed E-state index contributed by atoms with van der Waals surface area (Å²) in [5.41, 5.74) is 5.21. The first-order valence-electron chi connectivity index (χ1n) is 3.69. The topological polar surface area (TPSA) is 85.1 Å². The zero-order valence-corrected chi connectivity index (χ0v) is 6.86. The normalized spacial score (nSPS) is 9.31. The summed E-state index contributed by atoms with van der Waals surface area (Å²) in [6, 6.07) is 4.86. The molecule has 1 rings (SSSR count). The van der Waals surface area contributed by atoms with Crippen LogP contribution in [0.5, 0.6) is 0 Å². The van der Waals surface area contributed by atoms with Crippen LogP contribution in [0.15, 0.2) is 24.4 Å². The van der Waals surface area contributed by atoms with Crippen LogP contribution in [-0.2, 0) is 4.79 Å². The summed E-state index contributed by atoms with van der Waals surface area (Å²) in [4.78, 5) is 25.6. The van der Waals surface area contributed by atoms with E-state index in [0.29, 0.717) is 0 Å². The van der Waals surface area contributed by atoms with E-state index in [9.17, 15) is 9.59 Å². The molecule has 2 amide bonds. The second-order valence-corrected chi connectivity index (χ2v) is 2.30. The minimum Gasteiger partial charge on any atom is -0.322 e. The molecule has 0 aromatic carbocycles. The molecule has 5 heteroatoms. The highest BCUT2D eigenvalue weighted by atomic mass is 16.2. The molecule has 0 spiro atoms. The number of amides is 2. The van der Waals surface area contributed by atoms with E-state index in [0.717, 1.165) is 0 Å². The highest BCUT2D eigenvalue weighted by Gasteiger charge is 2.08. The first kappa shape index (κ1) is 9.34. The van der Waals surface area contributed by atoms with E-state index < -0.39 is 11.8 Å². The average Bonchev–Trinajstić information content (AvgIpc) is 2.19. The number of hydrogen-bond donors (Lipinski definition) is 2. The zero-order valence-electron chi connectivity index (χ0n) is 6.86. The molecule has 0 radical (unpaired) electrons. The van der Waals surface area contributed by atoms with Gasteiger partial charge in [0.2, 0.25) is 5.91 Å². The van der Waals surface area contributed by atoms with Gasteiger partial charge in [-0.2, -0.15) is 0 Å². The van der Waals surface area contributed by atoms with Crippen LogP contribution < -0.4 is 11.1 Å². The second kappa shape index (κ2) is 4.32. The number of pyridine rings is 1. The summed E-state index contributed by atoms with van der Waals surface area (Å²) in [7, 11) is 0. The Morgan fingerprint density at radius 2 is 2.23 bits per heavy atom. The molecule has 0 aliphatic carbocycles. The Bertz CT molecular complexity index is 310. The van der Waals surface area contributed by atoms with Crippen molar-refractivity contribution in [3.8, 4) is 0 Å². The lowest BCUT2D eigenvalue weighted by Crippen LogP contribution is -2.35. The van der Waals surface area contributed by atoms with Gasteiger partial charge in [0, 0.05) is 6.20 Å². The predicted molar refractivity (Wildman–Crippen MR) is 45.8 cm³/mol. The quantitative estimate of drug-likeness (QED) is 0.628. The van der Waals surface area contributed by atoms with E-state index in [1.54, 1.807) is 12.1 Å². The molecule has 0 fully saturated rings. The molecule has 0 aliphatic heterocycles. The molecule has 0 bridgehead atoms. The largest absolute Gasteiger partial charge is 0.322 e. The van der Waals surface area contributed by atoms with Crippen LogP contribution in [-0.4, -0.2) is 23.3 Å². The summed E-state index contributed by atoms with van der Waals surface area (Å²) in [5, 5.41) is 2.08. The van der Waals surface area contributed by atoms with Crippen molar-refractivity contribution in [2.45, 2.75) is 0 Å². The third kappa shape index (κ3) is 2.64. The fraction of sp³-hybridized carbons (Fsp3) is 0.125. The van der Waals surface area contributed by atoms with Crippen LogP contribution >= 0.6 is 0 Å². The molecule has 1 heterocycles. The summed E-state index contributed by atoms with van der Waals surface area (Å²) < 4.78 is 0. The van der Waals surface area contributed by atoms with Gasteiger partial charge < -0.3 is 5.73 Å². The molecule has 1 aromatic rings. The number of nitrogens with zero attached hydrogens (tertiary/aromatic N) is 1. The summed E-state index contributed by atoms with van der Waals surface area (Å²) in [5.74, 6) is -1.05. The maximum atomic E-state index is 11.2. The van der Waals surface area contributed by atoms with Crippen molar-refractivity contribution in [3.05, 3.63) is 30.1 Å². The van der Waals surface area contributed by atoms with Gasteiger partial charge in [0.15, 0.2) is 0 Å². The molecule has 68 valence electrons. The first-order valence-corrected chi connectivity index (χ1v) is 3.69. The molecule has 0 aliphatic rings. The molecule has 0 saturated carbocycles. The van der Waals surface area contributed by atoms with Gasteiger partial charge in [-0.15, -0.1) is 0 Å². The SMILES string of the molecule is NCC(=O)NC(=O)c1ccccn1. The molecule has 0 atom stereocenters. The van der Waals surface area contributed by atoms with Gasteiger partial charge in [-0.1, -0.05) is 6.07 Å². The maximum Gasteiger partial charge on any atom is 0.276 e. The molecule has 3 N–H and O–H groups in total. The predicted octanol–water partition coefficient (Wildman–Crippen LogP) is -0.703. The molecule has 13 heavy (non-hydrogen) atoms. The lowest BCUT2D eigenvalue weighted by Gasteiger charge is -1.99. The Morgan fingerprint density at radius 1 is 1.46 bits per heavy atom. The minimum absolute atomic E-state index is 0.198. The number of rotatable bonds is 2. The van der Waals surface area contributed by atoms with Crippen LogP contribution in [0.3, 0.4) is 0 Å². The van der Waals surface area contributed by atoms with Gasteiger partial charge in [-0.3, -0.25) is 19.9 Å². The lowest BCUT2D eigenvalue weighted by atomic mass is 10.3. The molecule has 0 unspecified atom stereocenters. The Hall–Kier alpha value is -1.75. The summed E-state index contributed by atoms with van der Waals surface area (Å²) in [6.07, 6.45) is 1.47. The Kier molecular flexibility index (Phi) is 3.10. The standard InChI is InChI=1S/C8H9N3O2/c9-5-7(12)11-8(13)6-3-1-2-4-10-6/h1-4H,5,9H2,(H,11,12,13). The number of carbonyl (C=O) groups excluding carboxylic acids is 2. The van der Waals surface area contributed by atoms with Gasteiger partial charge in [-0.25, -0.2) is 0 Å². The number of aromatic nitrogens is 1. The van der Waals surface area contributed by atoms with E-state index in [-0.39, 0.29) is 12.2 Å². The van der Waals surface area contributed by atoms with Gasteiger partial charge in [-0.05, 0) is 12.1 Å². The van der Waals surface area contributed by atoms with E-state index >= 15 is 0 Å². The van der Waals surface area contributed by atoms with Crippen molar-refractivity contribution in [2.24, 2.45) is 5.73 Å². The van der Waals surface area contributed by atoms with E-state index in [1.165, 1.54) is 12.3 Å². The van der Waals surface area contributed by atoms with Gasteiger partial charge in [0.1, 0.15) is 5.69 Å². The fourth-order valence-electron chi connectivity index (χ4n) is 0.739. The maximum absolute atomic E-state index is 11.2. The number of nitrogens with one attached hydrogen (secondary N) is 1. The van der Waals surface area contributed by atoms with Crippen LogP contribution in [0.4, 0.5) is 0 Å². The molecule has 1 aromatic heterocycles. The van der Waals surface area contributed by atoms with Gasteiger partial charge in [0.05, 0.1) is 6.54 Å². The molecular weight excluding hydrogens is 170 g/mol. The van der Waals surface area contributed by atoms with Crippen molar-refractivity contribution < 1.29 is 9.59 Å². The number of hydrogen-bond acceptors (Lipinski definition) is 4. The third-order valence-electron chi connectivity index (χ3n) is 1.34. The van der Waals surface area contributed by atoms with E-state index in [4.69, 9.17) is 5.73 Å². The highest BCUT2D eigenvalue weighted by molar-refractivity contribution is 6.03. The van der Waals surface area contributed by atoms with E-state index in [2.05, 4.69) is 10.3 Å². The number of imide groups is 1. The van der Waals surface area contributed by atoms with Gasteiger partial charge in [0.25, 0.3) is 5.91 Å². The first-order chi connectivity index (χ1) is 6.24. The van der Waals surface area contributed by atoms with Crippen LogP contribution in [0.2, 0.25) is 0 Å². The fourth-order valence-corrected chi connectivity index (χ4v) is 0.739. The van der Waals surface area contributed by atoms with Crippen LogP contribution in [0.25, 0.3) is 0 Å². The Morgan fingerprint density at radius 3 is 2.77 bits per heavy atom. The molecule has 5 nitrogen and oxygen atoms in total. The lowest BCUT2D eigenvalue weighted by molar-refractivity contribution is -0.118. The Labute approximate surface area is 75.0 Å². The second-order valence-electron chi connectivity index (χ2n) is 2.30. The average molecular weight is 179 g/mol. The highest BCUT2D eigenvalue weighted by Crippen LogP contribution is 1.91. The summed E-state index contributed by atoms with van der Waals surface area (Å²) >= 11 is 0. The third-order valence-corrected chi connectivity index (χ3v) is 1.34. The minimum atomic E-state index is -0.531.